The van der Waals surface area contributed by atoms with Gasteiger partial charge in [0.15, 0.2) is 0 Å². The molecule has 0 heterocycles. The lowest BCUT2D eigenvalue weighted by molar-refractivity contribution is -0.274. The van der Waals surface area contributed by atoms with Gasteiger partial charge >= 0.3 is 12.3 Å². The van der Waals surface area contributed by atoms with E-state index in [1.807, 2.05) is 0 Å². The minimum absolute atomic E-state index is 0.0157. The van der Waals surface area contributed by atoms with Crippen molar-refractivity contribution in [2.24, 2.45) is 0 Å². The molecule has 0 unspecified atom stereocenters. The number of carbonyl (C=O) groups excluding carboxylic acids is 1. The number of thioether (sulfide) groups is 1. The first-order valence-corrected chi connectivity index (χ1v) is 7.83. The fourth-order valence-corrected chi connectivity index (χ4v) is 2.26. The maximum absolute atomic E-state index is 12.3. The molecule has 0 spiro atoms. The van der Waals surface area contributed by atoms with Crippen LogP contribution in [0.1, 0.15) is 12.0 Å². The molecular weight excluding hydrogens is 335 g/mol. The van der Waals surface area contributed by atoms with Crippen molar-refractivity contribution in [3.63, 3.8) is 0 Å². The number of aryl methyl sites for hydroxylation is 1. The molecule has 9 heteroatoms. The number of hydrogen-bond acceptors (Lipinski definition) is 4. The molecule has 0 radical (unpaired) electrons. The highest BCUT2D eigenvalue weighted by atomic mass is 32.2. The Morgan fingerprint density at radius 2 is 1.96 bits per heavy atom. The number of para-hydroxylation sites is 1. The maximum Gasteiger partial charge on any atom is 0.573 e. The smallest absolute Gasteiger partial charge is 0.481 e. The number of hydrogen-bond donors (Lipinski definition) is 2. The number of nitrogens with one attached hydrogen (secondary N) is 1. The molecule has 0 saturated carbocycles. The third-order valence-corrected chi connectivity index (χ3v) is 3.56. The zero-order chi connectivity index (χ0) is 17.3. The molecular formula is C14H16F3NO4S. The van der Waals surface area contributed by atoms with Gasteiger partial charge in [0.05, 0.1) is 5.75 Å². The molecule has 128 valence electrons. The van der Waals surface area contributed by atoms with Crippen LogP contribution >= 0.6 is 11.8 Å². The zero-order valence-corrected chi connectivity index (χ0v) is 12.9. The molecule has 0 aliphatic heterocycles. The molecule has 2 N–H and O–H groups in total. The Bertz CT molecular complexity index is 537. The molecule has 1 rings (SSSR count). The average Bonchev–Trinajstić information content (AvgIpc) is 2.44. The van der Waals surface area contributed by atoms with E-state index in [0.29, 0.717) is 17.9 Å². The van der Waals surface area contributed by atoms with Gasteiger partial charge < -0.3 is 15.2 Å². The summed E-state index contributed by atoms with van der Waals surface area (Å²) >= 11 is 1.17. The monoisotopic (exact) mass is 351 g/mol. The van der Waals surface area contributed by atoms with Crippen LogP contribution < -0.4 is 10.1 Å². The summed E-state index contributed by atoms with van der Waals surface area (Å²) in [5, 5.41) is 11.0. The van der Waals surface area contributed by atoms with Crippen molar-refractivity contribution >= 4 is 23.6 Å². The lowest BCUT2D eigenvalue weighted by Gasteiger charge is -2.13. The number of ether oxygens (including phenoxy) is 1. The normalized spacial score (nSPS) is 11.1. The van der Waals surface area contributed by atoms with Gasteiger partial charge in [-0.05, 0) is 18.1 Å². The standard InChI is InChI=1S/C14H16F3NO4S/c15-14(16,17)22-11-4-2-1-3-10(11)5-6-12(19)18-7-8-23-9-13(20)21/h1-4H,5-9H2,(H,18,19)(H,20,21). The van der Waals surface area contributed by atoms with Crippen LogP contribution in [0.4, 0.5) is 13.2 Å². The lowest BCUT2D eigenvalue weighted by atomic mass is 10.1. The summed E-state index contributed by atoms with van der Waals surface area (Å²) in [5.41, 5.74) is 0.292. The molecule has 0 aliphatic carbocycles. The van der Waals surface area contributed by atoms with Gasteiger partial charge in [-0.15, -0.1) is 24.9 Å². The fourth-order valence-electron chi connectivity index (χ4n) is 1.69. The Morgan fingerprint density at radius 3 is 2.61 bits per heavy atom. The number of aliphatic carboxylic acids is 1. The van der Waals surface area contributed by atoms with Crippen LogP contribution in [0, 0.1) is 0 Å². The molecule has 0 atom stereocenters. The zero-order valence-electron chi connectivity index (χ0n) is 12.1. The van der Waals surface area contributed by atoms with E-state index >= 15 is 0 Å². The van der Waals surface area contributed by atoms with E-state index in [1.54, 1.807) is 6.07 Å². The quantitative estimate of drug-likeness (QED) is 0.669. The third-order valence-electron chi connectivity index (χ3n) is 2.61. The van der Waals surface area contributed by atoms with E-state index < -0.39 is 12.3 Å². The second kappa shape index (κ2) is 9.29. The third kappa shape index (κ3) is 8.97. The topological polar surface area (TPSA) is 75.6 Å². The highest BCUT2D eigenvalue weighted by Gasteiger charge is 2.31. The summed E-state index contributed by atoms with van der Waals surface area (Å²) in [6.07, 6.45) is -4.65. The second-order valence-electron chi connectivity index (χ2n) is 4.45. The first kappa shape index (κ1) is 19.1. The number of carboxylic acids is 1. The summed E-state index contributed by atoms with van der Waals surface area (Å²) in [6.45, 7) is 0.303. The number of alkyl halides is 3. The van der Waals surface area contributed by atoms with Crippen molar-refractivity contribution in [1.82, 2.24) is 5.32 Å². The van der Waals surface area contributed by atoms with E-state index in [9.17, 15) is 22.8 Å². The Morgan fingerprint density at radius 1 is 1.26 bits per heavy atom. The molecule has 1 amide bonds. The highest BCUT2D eigenvalue weighted by molar-refractivity contribution is 7.99. The first-order valence-electron chi connectivity index (χ1n) is 6.68. The largest absolute Gasteiger partial charge is 0.573 e. The maximum atomic E-state index is 12.3. The van der Waals surface area contributed by atoms with Gasteiger partial charge in [0.25, 0.3) is 0 Å². The van der Waals surface area contributed by atoms with Crippen LogP contribution in [0.15, 0.2) is 24.3 Å². The molecule has 1 aromatic carbocycles. The molecule has 5 nitrogen and oxygen atoms in total. The minimum Gasteiger partial charge on any atom is -0.481 e. The van der Waals surface area contributed by atoms with Gasteiger partial charge in [-0.3, -0.25) is 9.59 Å². The summed E-state index contributed by atoms with van der Waals surface area (Å²) in [7, 11) is 0. The van der Waals surface area contributed by atoms with Gasteiger partial charge in [-0.1, -0.05) is 18.2 Å². The van der Waals surface area contributed by atoms with Crippen LogP contribution in [-0.2, 0) is 16.0 Å². The number of benzene rings is 1. The van der Waals surface area contributed by atoms with Gasteiger partial charge in [0, 0.05) is 18.7 Å². The van der Waals surface area contributed by atoms with Gasteiger partial charge in [0.1, 0.15) is 5.75 Å². The van der Waals surface area contributed by atoms with E-state index in [1.165, 1.54) is 30.0 Å². The Labute approximate surface area is 135 Å². The van der Waals surface area contributed by atoms with Crippen molar-refractivity contribution in [2.75, 3.05) is 18.1 Å². The number of halogens is 3. The van der Waals surface area contributed by atoms with Gasteiger partial charge in [-0.2, -0.15) is 0 Å². The molecule has 1 aromatic rings. The van der Waals surface area contributed by atoms with Crippen LogP contribution in [-0.4, -0.2) is 41.4 Å². The molecule has 23 heavy (non-hydrogen) atoms. The number of carbonyl (C=O) groups is 2. The van der Waals surface area contributed by atoms with E-state index in [4.69, 9.17) is 5.11 Å². The van der Waals surface area contributed by atoms with Crippen molar-refractivity contribution in [3.8, 4) is 5.75 Å². The van der Waals surface area contributed by atoms with E-state index in [2.05, 4.69) is 10.1 Å². The Kier molecular flexibility index (Phi) is 7.73. The molecule has 0 aromatic heterocycles. The second-order valence-corrected chi connectivity index (χ2v) is 5.56. The highest BCUT2D eigenvalue weighted by Crippen LogP contribution is 2.26. The minimum atomic E-state index is -4.78. The van der Waals surface area contributed by atoms with Crippen molar-refractivity contribution in [3.05, 3.63) is 29.8 Å². The SMILES string of the molecule is O=C(O)CSCCNC(=O)CCc1ccccc1OC(F)(F)F. The molecule has 0 saturated heterocycles. The fraction of sp³-hybridized carbons (Fsp3) is 0.429. The predicted molar refractivity (Wildman–Crippen MR) is 79.4 cm³/mol. The summed E-state index contributed by atoms with van der Waals surface area (Å²) in [6, 6.07) is 5.66. The van der Waals surface area contributed by atoms with Gasteiger partial charge in [-0.25, -0.2) is 0 Å². The van der Waals surface area contributed by atoms with Gasteiger partial charge in [0.2, 0.25) is 5.91 Å². The van der Waals surface area contributed by atoms with Crippen LogP contribution in [0.2, 0.25) is 0 Å². The summed E-state index contributed by atoms with van der Waals surface area (Å²) in [5.74, 6) is -1.15. The summed E-state index contributed by atoms with van der Waals surface area (Å²) in [4.78, 5) is 21.9. The van der Waals surface area contributed by atoms with Crippen molar-refractivity contribution in [1.29, 1.82) is 0 Å². The van der Waals surface area contributed by atoms with Crippen LogP contribution in [0.25, 0.3) is 0 Å². The van der Waals surface area contributed by atoms with Crippen molar-refractivity contribution in [2.45, 2.75) is 19.2 Å². The molecule has 0 bridgehead atoms. The van der Waals surface area contributed by atoms with E-state index in [-0.39, 0.29) is 30.3 Å². The number of amides is 1. The summed E-state index contributed by atoms with van der Waals surface area (Å²) < 4.78 is 40.7. The molecule has 0 aliphatic rings. The predicted octanol–water partition coefficient (Wildman–Crippen LogP) is 2.45. The number of rotatable bonds is 9. The van der Waals surface area contributed by atoms with Crippen LogP contribution in [0.5, 0.6) is 5.75 Å². The average molecular weight is 351 g/mol. The number of carboxylic acid groups (broad SMARTS) is 1. The first-order chi connectivity index (χ1) is 10.8. The van der Waals surface area contributed by atoms with Crippen LogP contribution in [0.3, 0.4) is 0 Å². The molecule has 0 fully saturated rings. The lowest BCUT2D eigenvalue weighted by Crippen LogP contribution is -2.26. The Hall–Kier alpha value is -1.90. The van der Waals surface area contributed by atoms with E-state index in [0.717, 1.165) is 0 Å². The Balaban J connectivity index is 2.37. The van der Waals surface area contributed by atoms with Crippen molar-refractivity contribution < 1.29 is 32.6 Å².